The Kier molecular flexibility index (Phi) is 7.64. The SMILES string of the molecule is CCn1c(SCC(=O)Nc2scc(-c3ccc(Cl)cc3)c2C(=O)OC)nnc1C1CC1c1ccccc1. The molecule has 2 heterocycles. The number of halogens is 1. The highest BCUT2D eigenvalue weighted by atomic mass is 35.5. The van der Waals surface area contributed by atoms with Crippen LogP contribution in [0.15, 0.2) is 65.1 Å². The van der Waals surface area contributed by atoms with Gasteiger partial charge < -0.3 is 14.6 Å². The van der Waals surface area contributed by atoms with E-state index in [-0.39, 0.29) is 11.7 Å². The number of nitrogens with one attached hydrogen (secondary N) is 1. The molecular formula is C27H25ClN4O3S2. The summed E-state index contributed by atoms with van der Waals surface area (Å²) in [4.78, 5) is 25.5. The molecule has 1 aliphatic rings. The number of benzene rings is 2. The van der Waals surface area contributed by atoms with Gasteiger partial charge >= 0.3 is 5.97 Å². The molecule has 1 fully saturated rings. The Hall–Kier alpha value is -3.14. The van der Waals surface area contributed by atoms with E-state index in [1.54, 1.807) is 12.1 Å². The Balaban J connectivity index is 1.27. The number of amides is 1. The predicted octanol–water partition coefficient (Wildman–Crippen LogP) is 6.47. The molecule has 0 saturated heterocycles. The average Bonchev–Trinajstić information content (AvgIpc) is 3.44. The number of nitrogens with zero attached hydrogens (tertiary/aromatic N) is 3. The van der Waals surface area contributed by atoms with E-state index in [0.717, 1.165) is 24.4 Å². The van der Waals surface area contributed by atoms with E-state index in [1.807, 2.05) is 23.6 Å². The number of hydrogen-bond donors (Lipinski definition) is 1. The maximum atomic E-state index is 12.9. The fourth-order valence-electron chi connectivity index (χ4n) is 4.42. The van der Waals surface area contributed by atoms with Crippen LogP contribution in [0.25, 0.3) is 11.1 Å². The van der Waals surface area contributed by atoms with Gasteiger partial charge in [0.15, 0.2) is 5.16 Å². The van der Waals surface area contributed by atoms with Crippen LogP contribution in [0.4, 0.5) is 5.00 Å². The van der Waals surface area contributed by atoms with Crippen molar-refractivity contribution < 1.29 is 14.3 Å². The van der Waals surface area contributed by atoms with Crippen LogP contribution in [-0.4, -0.2) is 39.5 Å². The second-order valence-electron chi connectivity index (χ2n) is 8.63. The van der Waals surface area contributed by atoms with Crippen LogP contribution < -0.4 is 5.32 Å². The number of thiophene rings is 1. The first-order valence-electron chi connectivity index (χ1n) is 11.9. The molecule has 7 nitrogen and oxygen atoms in total. The topological polar surface area (TPSA) is 86.1 Å². The van der Waals surface area contributed by atoms with Gasteiger partial charge in [-0.25, -0.2) is 4.79 Å². The number of carbonyl (C=O) groups excluding carboxylic acids is 2. The molecule has 5 rings (SSSR count). The van der Waals surface area contributed by atoms with Gasteiger partial charge in [-0.15, -0.1) is 21.5 Å². The first kappa shape index (κ1) is 25.5. The zero-order valence-electron chi connectivity index (χ0n) is 20.3. The van der Waals surface area contributed by atoms with Gasteiger partial charge in [-0.05, 0) is 42.5 Å². The van der Waals surface area contributed by atoms with Crippen LogP contribution in [0.2, 0.25) is 5.02 Å². The third-order valence-corrected chi connectivity index (χ3v) is 8.45. The standard InChI is InChI=1S/C27H25ClN4O3S2/c1-3-32-24(20-13-19(20)16-7-5-4-6-8-16)30-31-27(32)37-15-22(33)29-25-23(26(34)35-2)21(14-36-25)17-9-11-18(28)12-10-17/h4-12,14,19-20H,3,13,15H2,1-2H3,(H,29,33). The minimum atomic E-state index is -0.512. The van der Waals surface area contributed by atoms with Crippen LogP contribution in [-0.2, 0) is 16.1 Å². The summed E-state index contributed by atoms with van der Waals surface area (Å²) in [6, 6.07) is 17.6. The molecule has 1 aliphatic carbocycles. The third-order valence-electron chi connectivity index (χ3n) is 6.33. The lowest BCUT2D eigenvalue weighted by Crippen LogP contribution is -2.16. The number of hydrogen-bond acceptors (Lipinski definition) is 7. The van der Waals surface area contributed by atoms with E-state index in [4.69, 9.17) is 16.3 Å². The Morgan fingerprint density at radius 3 is 2.59 bits per heavy atom. The molecule has 4 aromatic rings. The van der Waals surface area contributed by atoms with Crippen molar-refractivity contribution in [2.24, 2.45) is 0 Å². The van der Waals surface area contributed by atoms with Crippen molar-refractivity contribution in [3.8, 4) is 11.1 Å². The fraction of sp³-hybridized carbons (Fsp3) is 0.259. The number of methoxy groups -OCH3 is 1. The molecule has 0 spiro atoms. The van der Waals surface area contributed by atoms with E-state index in [1.165, 1.54) is 35.8 Å². The lowest BCUT2D eigenvalue weighted by molar-refractivity contribution is -0.113. The molecule has 2 aromatic heterocycles. The molecule has 1 saturated carbocycles. The highest BCUT2D eigenvalue weighted by Crippen LogP contribution is 2.54. The fourth-order valence-corrected chi connectivity index (χ4v) is 6.33. The monoisotopic (exact) mass is 552 g/mol. The Morgan fingerprint density at radius 1 is 1.14 bits per heavy atom. The summed E-state index contributed by atoms with van der Waals surface area (Å²) in [5, 5.41) is 15.3. The number of esters is 1. The van der Waals surface area contributed by atoms with Gasteiger partial charge in [0.1, 0.15) is 16.4 Å². The largest absolute Gasteiger partial charge is 0.465 e. The Labute approximate surface area is 228 Å². The van der Waals surface area contributed by atoms with Crippen molar-refractivity contribution in [2.45, 2.75) is 36.9 Å². The summed E-state index contributed by atoms with van der Waals surface area (Å²) in [6.45, 7) is 2.79. The summed E-state index contributed by atoms with van der Waals surface area (Å²) >= 11 is 8.63. The average molecular weight is 553 g/mol. The van der Waals surface area contributed by atoms with Gasteiger partial charge in [-0.1, -0.05) is 65.8 Å². The summed E-state index contributed by atoms with van der Waals surface area (Å²) in [5.74, 6) is 1.17. The first-order valence-corrected chi connectivity index (χ1v) is 14.1. The summed E-state index contributed by atoms with van der Waals surface area (Å²) < 4.78 is 7.09. The molecule has 2 atom stereocenters. The molecule has 0 radical (unpaired) electrons. The molecule has 10 heteroatoms. The molecule has 0 bridgehead atoms. The molecule has 1 amide bonds. The molecular weight excluding hydrogens is 528 g/mol. The second-order valence-corrected chi connectivity index (χ2v) is 10.9. The molecule has 2 unspecified atom stereocenters. The highest BCUT2D eigenvalue weighted by molar-refractivity contribution is 7.99. The van der Waals surface area contributed by atoms with E-state index in [2.05, 4.69) is 51.3 Å². The first-order chi connectivity index (χ1) is 18.0. The van der Waals surface area contributed by atoms with Gasteiger partial charge in [0.25, 0.3) is 0 Å². The minimum Gasteiger partial charge on any atom is -0.465 e. The third kappa shape index (κ3) is 5.44. The Bertz CT molecular complexity index is 1420. The number of ether oxygens (including phenoxy) is 1. The van der Waals surface area contributed by atoms with Crippen molar-refractivity contribution in [3.05, 3.63) is 82.0 Å². The van der Waals surface area contributed by atoms with E-state index in [9.17, 15) is 9.59 Å². The summed E-state index contributed by atoms with van der Waals surface area (Å²) in [6.07, 6.45) is 1.05. The van der Waals surface area contributed by atoms with E-state index < -0.39 is 5.97 Å². The smallest absolute Gasteiger partial charge is 0.341 e. The predicted molar refractivity (Wildman–Crippen MR) is 148 cm³/mol. The lowest BCUT2D eigenvalue weighted by Gasteiger charge is -2.09. The number of thioether (sulfide) groups is 1. The van der Waals surface area contributed by atoms with E-state index in [0.29, 0.717) is 38.1 Å². The molecule has 0 aliphatic heterocycles. The number of aromatic nitrogens is 3. The van der Waals surface area contributed by atoms with Crippen molar-refractivity contribution in [3.63, 3.8) is 0 Å². The maximum absolute atomic E-state index is 12.9. The van der Waals surface area contributed by atoms with Crippen LogP contribution in [0, 0.1) is 0 Å². The Morgan fingerprint density at radius 2 is 1.89 bits per heavy atom. The zero-order valence-corrected chi connectivity index (χ0v) is 22.7. The maximum Gasteiger partial charge on any atom is 0.341 e. The van der Waals surface area contributed by atoms with Gasteiger partial charge in [0.05, 0.1) is 12.9 Å². The quantitative estimate of drug-likeness (QED) is 0.189. The summed E-state index contributed by atoms with van der Waals surface area (Å²) in [5.41, 5.74) is 3.15. The molecule has 37 heavy (non-hydrogen) atoms. The normalized spacial score (nSPS) is 16.4. The van der Waals surface area contributed by atoms with Crippen LogP contribution in [0.1, 0.15) is 46.9 Å². The second kappa shape index (κ2) is 11.1. The number of carbonyl (C=O) groups is 2. The number of anilines is 1. The van der Waals surface area contributed by atoms with Crippen molar-refractivity contribution >= 4 is 51.6 Å². The van der Waals surface area contributed by atoms with Crippen LogP contribution >= 0.6 is 34.7 Å². The van der Waals surface area contributed by atoms with Crippen LogP contribution in [0.5, 0.6) is 0 Å². The highest BCUT2D eigenvalue weighted by Gasteiger charge is 2.43. The van der Waals surface area contributed by atoms with E-state index >= 15 is 0 Å². The van der Waals surface area contributed by atoms with Crippen molar-refractivity contribution in [2.75, 3.05) is 18.2 Å². The minimum absolute atomic E-state index is 0.139. The van der Waals surface area contributed by atoms with Crippen molar-refractivity contribution in [1.82, 2.24) is 14.8 Å². The van der Waals surface area contributed by atoms with Crippen molar-refractivity contribution in [1.29, 1.82) is 0 Å². The lowest BCUT2D eigenvalue weighted by atomic mass is 10.0. The summed E-state index contributed by atoms with van der Waals surface area (Å²) in [7, 11) is 1.32. The zero-order chi connectivity index (χ0) is 25.9. The van der Waals surface area contributed by atoms with Gasteiger partial charge in [0, 0.05) is 28.4 Å². The molecule has 1 N–H and O–H groups in total. The molecule has 2 aromatic carbocycles. The van der Waals surface area contributed by atoms with Gasteiger partial charge in [-0.3, -0.25) is 4.79 Å². The van der Waals surface area contributed by atoms with Gasteiger partial charge in [-0.2, -0.15) is 0 Å². The van der Waals surface area contributed by atoms with Crippen LogP contribution in [0.3, 0.4) is 0 Å². The number of rotatable bonds is 9. The molecule has 190 valence electrons. The van der Waals surface area contributed by atoms with Gasteiger partial charge in [0.2, 0.25) is 5.91 Å².